The number of rotatable bonds is 3. The van der Waals surface area contributed by atoms with Gasteiger partial charge >= 0.3 is 6.18 Å². The first-order valence-electron chi connectivity index (χ1n) is 5.37. The molecule has 0 saturated heterocycles. The molecule has 0 aliphatic carbocycles. The van der Waals surface area contributed by atoms with Gasteiger partial charge in [0.1, 0.15) is 17.5 Å². The van der Waals surface area contributed by atoms with Crippen LogP contribution in [0, 0.1) is 0 Å². The molecule has 0 aliphatic rings. The SMILES string of the molecule is FC(F)(F)c1ccccc1OCc1cccc(Cl)n1. The molecule has 19 heavy (non-hydrogen) atoms. The Kier molecular flexibility index (Phi) is 3.95. The van der Waals surface area contributed by atoms with Crippen LogP contribution in [0.1, 0.15) is 11.3 Å². The van der Waals surface area contributed by atoms with Crippen LogP contribution in [0.2, 0.25) is 5.15 Å². The van der Waals surface area contributed by atoms with Crippen LogP contribution in [-0.2, 0) is 12.8 Å². The lowest BCUT2D eigenvalue weighted by molar-refractivity contribution is -0.139. The second-order valence-electron chi connectivity index (χ2n) is 3.73. The number of para-hydroxylation sites is 1. The van der Waals surface area contributed by atoms with E-state index in [1.165, 1.54) is 18.2 Å². The number of alkyl halides is 3. The fourth-order valence-corrected chi connectivity index (χ4v) is 1.69. The molecule has 100 valence electrons. The summed E-state index contributed by atoms with van der Waals surface area (Å²) in [7, 11) is 0. The molecule has 0 fully saturated rings. The smallest absolute Gasteiger partial charge is 0.419 e. The third-order valence-electron chi connectivity index (χ3n) is 2.34. The minimum Gasteiger partial charge on any atom is -0.487 e. The summed E-state index contributed by atoms with van der Waals surface area (Å²) in [6, 6.07) is 9.90. The van der Waals surface area contributed by atoms with Gasteiger partial charge < -0.3 is 4.74 Å². The maximum atomic E-state index is 12.7. The van der Waals surface area contributed by atoms with Gasteiger partial charge in [-0.25, -0.2) is 4.98 Å². The molecule has 0 aliphatic heterocycles. The Bertz CT molecular complexity index is 572. The predicted octanol–water partition coefficient (Wildman–Crippen LogP) is 4.33. The van der Waals surface area contributed by atoms with E-state index in [-0.39, 0.29) is 17.5 Å². The molecule has 0 radical (unpaired) electrons. The molecule has 6 heteroatoms. The van der Waals surface area contributed by atoms with Crippen molar-refractivity contribution in [1.29, 1.82) is 0 Å². The molecular formula is C13H9ClF3NO. The summed E-state index contributed by atoms with van der Waals surface area (Å²) in [5.41, 5.74) is -0.346. The molecule has 0 saturated carbocycles. The number of halogens is 4. The summed E-state index contributed by atoms with van der Waals surface area (Å²) in [6.07, 6.45) is -4.45. The number of ether oxygens (including phenoxy) is 1. The van der Waals surface area contributed by atoms with Crippen LogP contribution in [0.25, 0.3) is 0 Å². The molecule has 0 spiro atoms. The van der Waals surface area contributed by atoms with Crippen LogP contribution in [0.5, 0.6) is 5.75 Å². The van der Waals surface area contributed by atoms with Crippen LogP contribution >= 0.6 is 11.6 Å². The van der Waals surface area contributed by atoms with Gasteiger partial charge in [-0.05, 0) is 24.3 Å². The summed E-state index contributed by atoms with van der Waals surface area (Å²) in [5, 5.41) is 0.269. The zero-order valence-corrected chi connectivity index (χ0v) is 10.4. The van der Waals surface area contributed by atoms with E-state index in [0.29, 0.717) is 5.69 Å². The molecule has 0 atom stereocenters. The Hall–Kier alpha value is -1.75. The average Bonchev–Trinajstić information content (AvgIpc) is 2.36. The van der Waals surface area contributed by atoms with Crippen molar-refractivity contribution in [3.63, 3.8) is 0 Å². The minimum atomic E-state index is -4.45. The maximum Gasteiger partial charge on any atom is 0.419 e. The lowest BCUT2D eigenvalue weighted by Crippen LogP contribution is -2.09. The number of benzene rings is 1. The predicted molar refractivity (Wildman–Crippen MR) is 65.0 cm³/mol. The molecule has 2 nitrogen and oxygen atoms in total. The van der Waals surface area contributed by atoms with Crippen molar-refractivity contribution in [3.05, 3.63) is 58.9 Å². The average molecular weight is 288 g/mol. The topological polar surface area (TPSA) is 22.1 Å². The summed E-state index contributed by atoms with van der Waals surface area (Å²) in [6.45, 7) is -0.0757. The van der Waals surface area contributed by atoms with Crippen molar-refractivity contribution in [2.75, 3.05) is 0 Å². The fraction of sp³-hybridized carbons (Fsp3) is 0.154. The maximum absolute atomic E-state index is 12.7. The number of hydrogen-bond donors (Lipinski definition) is 0. The Labute approximate surface area is 112 Å². The van der Waals surface area contributed by atoms with E-state index in [4.69, 9.17) is 16.3 Å². The van der Waals surface area contributed by atoms with Gasteiger partial charge in [0, 0.05) is 0 Å². The lowest BCUT2D eigenvalue weighted by Gasteiger charge is -2.13. The summed E-state index contributed by atoms with van der Waals surface area (Å²) in [5.74, 6) is -0.225. The van der Waals surface area contributed by atoms with Gasteiger partial charge in [0.15, 0.2) is 0 Å². The first-order chi connectivity index (χ1) is 8.97. The van der Waals surface area contributed by atoms with Crippen molar-refractivity contribution in [2.24, 2.45) is 0 Å². The van der Waals surface area contributed by atoms with Gasteiger partial charge in [0.2, 0.25) is 0 Å². The number of pyridine rings is 1. The fourth-order valence-electron chi connectivity index (χ4n) is 1.51. The third kappa shape index (κ3) is 3.61. The molecule has 2 aromatic rings. The van der Waals surface area contributed by atoms with Crippen molar-refractivity contribution in [2.45, 2.75) is 12.8 Å². The second kappa shape index (κ2) is 5.48. The van der Waals surface area contributed by atoms with Gasteiger partial charge in [0.25, 0.3) is 0 Å². The molecule has 1 heterocycles. The molecule has 1 aromatic carbocycles. The Morgan fingerprint density at radius 3 is 2.47 bits per heavy atom. The number of nitrogens with zero attached hydrogens (tertiary/aromatic N) is 1. The Balaban J connectivity index is 2.16. The van der Waals surface area contributed by atoms with Crippen LogP contribution < -0.4 is 4.74 Å². The number of hydrogen-bond acceptors (Lipinski definition) is 2. The standard InChI is InChI=1S/C13H9ClF3NO/c14-12-7-3-4-9(18-12)8-19-11-6-2-1-5-10(11)13(15,16)17/h1-7H,8H2. The highest BCUT2D eigenvalue weighted by molar-refractivity contribution is 6.29. The van der Waals surface area contributed by atoms with Crippen molar-refractivity contribution < 1.29 is 17.9 Å². The zero-order chi connectivity index (χ0) is 13.9. The van der Waals surface area contributed by atoms with E-state index < -0.39 is 11.7 Å². The van der Waals surface area contributed by atoms with E-state index in [9.17, 15) is 13.2 Å². The highest BCUT2D eigenvalue weighted by Crippen LogP contribution is 2.36. The quantitative estimate of drug-likeness (QED) is 0.784. The molecule has 1 aromatic heterocycles. The largest absolute Gasteiger partial charge is 0.487 e. The van der Waals surface area contributed by atoms with E-state index in [1.807, 2.05) is 0 Å². The minimum absolute atomic E-state index is 0.0757. The first-order valence-corrected chi connectivity index (χ1v) is 5.75. The summed E-state index contributed by atoms with van der Waals surface area (Å²) < 4.78 is 43.3. The van der Waals surface area contributed by atoms with E-state index in [2.05, 4.69) is 4.98 Å². The highest BCUT2D eigenvalue weighted by Gasteiger charge is 2.33. The molecule has 0 bridgehead atoms. The van der Waals surface area contributed by atoms with Crippen molar-refractivity contribution in [3.8, 4) is 5.75 Å². The van der Waals surface area contributed by atoms with E-state index in [1.54, 1.807) is 18.2 Å². The normalized spacial score (nSPS) is 11.4. The molecule has 0 unspecified atom stereocenters. The van der Waals surface area contributed by atoms with E-state index in [0.717, 1.165) is 6.07 Å². The van der Waals surface area contributed by atoms with E-state index >= 15 is 0 Å². The summed E-state index contributed by atoms with van der Waals surface area (Å²) in [4.78, 5) is 3.94. The Morgan fingerprint density at radius 1 is 1.05 bits per heavy atom. The van der Waals surface area contributed by atoms with Crippen LogP contribution in [0.15, 0.2) is 42.5 Å². The second-order valence-corrected chi connectivity index (χ2v) is 4.12. The van der Waals surface area contributed by atoms with Gasteiger partial charge in [-0.3, -0.25) is 0 Å². The molecular weight excluding hydrogens is 279 g/mol. The van der Waals surface area contributed by atoms with Crippen molar-refractivity contribution in [1.82, 2.24) is 4.98 Å². The van der Waals surface area contributed by atoms with Gasteiger partial charge in [-0.1, -0.05) is 29.8 Å². The van der Waals surface area contributed by atoms with Gasteiger partial charge in [0.05, 0.1) is 11.3 Å². The molecule has 2 rings (SSSR count). The molecule has 0 N–H and O–H groups in total. The van der Waals surface area contributed by atoms with Crippen LogP contribution in [0.4, 0.5) is 13.2 Å². The lowest BCUT2D eigenvalue weighted by atomic mass is 10.2. The van der Waals surface area contributed by atoms with Crippen molar-refractivity contribution >= 4 is 11.6 Å². The third-order valence-corrected chi connectivity index (χ3v) is 2.55. The van der Waals surface area contributed by atoms with Gasteiger partial charge in [-0.15, -0.1) is 0 Å². The van der Waals surface area contributed by atoms with Crippen LogP contribution in [-0.4, -0.2) is 4.98 Å². The summed E-state index contributed by atoms with van der Waals surface area (Å²) >= 11 is 5.68. The monoisotopic (exact) mass is 287 g/mol. The first kappa shape index (κ1) is 13.7. The highest BCUT2D eigenvalue weighted by atomic mass is 35.5. The van der Waals surface area contributed by atoms with Crippen LogP contribution in [0.3, 0.4) is 0 Å². The molecule has 0 amide bonds. The Morgan fingerprint density at radius 2 is 1.79 bits per heavy atom. The number of aromatic nitrogens is 1. The zero-order valence-electron chi connectivity index (χ0n) is 9.62. The van der Waals surface area contributed by atoms with Gasteiger partial charge in [-0.2, -0.15) is 13.2 Å².